The molecule has 0 saturated carbocycles. The first-order chi connectivity index (χ1) is 10.2. The van der Waals surface area contributed by atoms with Gasteiger partial charge in [-0.2, -0.15) is 0 Å². The van der Waals surface area contributed by atoms with Crippen molar-refractivity contribution in [3.63, 3.8) is 0 Å². The summed E-state index contributed by atoms with van der Waals surface area (Å²) in [6.45, 7) is 0. The summed E-state index contributed by atoms with van der Waals surface area (Å²) in [5.41, 5.74) is -0.667. The van der Waals surface area contributed by atoms with Gasteiger partial charge < -0.3 is 35.2 Å². The number of aliphatic hydroxyl groups excluding tert-OH is 3. The number of hydrogen-bond acceptors (Lipinski definition) is 9. The van der Waals surface area contributed by atoms with Gasteiger partial charge in [-0.1, -0.05) is 0 Å². The number of H-pyrrole nitrogens is 1. The third kappa shape index (κ3) is 4.09. The van der Waals surface area contributed by atoms with Crippen LogP contribution in [0.1, 0.15) is 0 Å². The summed E-state index contributed by atoms with van der Waals surface area (Å²) in [6, 6.07) is 1.35. The maximum absolute atomic E-state index is 11.0. The molecule has 2 unspecified atom stereocenters. The van der Waals surface area contributed by atoms with Crippen molar-refractivity contribution in [3.8, 4) is 0 Å². The molecule has 1 aromatic heterocycles. The Morgan fingerprint density at radius 3 is 2.68 bits per heavy atom. The fraction of sp³-hybridized carbons (Fsp3) is 0.556. The quantitative estimate of drug-likeness (QED) is 0.214. The molecule has 7 N–H and O–H groups in total. The van der Waals surface area contributed by atoms with E-state index in [9.17, 15) is 24.7 Å². The number of phosphoric acid groups is 1. The largest absolute Gasteiger partial charge is 0.472 e. The van der Waals surface area contributed by atoms with E-state index in [1.54, 1.807) is 0 Å². The Balaban J connectivity index is 2.06. The van der Waals surface area contributed by atoms with Gasteiger partial charge in [0.25, 0.3) is 0 Å². The van der Waals surface area contributed by atoms with Gasteiger partial charge in [-0.25, -0.2) is 14.3 Å². The average molecular weight is 339 g/mol. The number of aromatic nitrogens is 2. The number of anilines is 1. The highest BCUT2D eigenvalue weighted by atomic mass is 31.2. The molecule has 0 bridgehead atoms. The van der Waals surface area contributed by atoms with Crippen molar-refractivity contribution in [1.82, 2.24) is 9.97 Å². The predicted octanol–water partition coefficient (Wildman–Crippen LogP) is -2.94. The molecule has 0 radical (unpaired) electrons. The number of aromatic amines is 1. The minimum Gasteiger partial charge on any atom is -0.387 e. The summed E-state index contributed by atoms with van der Waals surface area (Å²) in [7, 11) is -5.01. The molecule has 2 rings (SSSR count). The number of nitrogens with one attached hydrogen (secondary N) is 2. The van der Waals surface area contributed by atoms with E-state index in [4.69, 9.17) is 14.5 Å². The van der Waals surface area contributed by atoms with E-state index < -0.39 is 44.3 Å². The maximum atomic E-state index is 11.0. The fourth-order valence-corrected chi connectivity index (χ4v) is 2.27. The van der Waals surface area contributed by atoms with Crippen molar-refractivity contribution >= 4 is 13.6 Å². The van der Waals surface area contributed by atoms with E-state index in [0.29, 0.717) is 0 Å². The van der Waals surface area contributed by atoms with Crippen LogP contribution >= 0.6 is 7.82 Å². The molecule has 1 saturated heterocycles. The normalized spacial score (nSPS) is 30.2. The minimum absolute atomic E-state index is 0.113. The molecule has 1 fully saturated rings. The monoisotopic (exact) mass is 339 g/mol. The van der Waals surface area contributed by atoms with Gasteiger partial charge in [0.15, 0.2) is 12.5 Å². The van der Waals surface area contributed by atoms with Crippen LogP contribution in [0.2, 0.25) is 0 Å². The SMILES string of the molecule is O=c1nccc(NC2O[C@H](C(O)OP(=O)(O)O)[C@@H](O)[C@@H]2O)[nH]1. The smallest absolute Gasteiger partial charge is 0.387 e. The first-order valence-electron chi connectivity index (χ1n) is 5.93. The molecule has 1 aliphatic heterocycles. The highest BCUT2D eigenvalue weighted by molar-refractivity contribution is 7.46. The Morgan fingerprint density at radius 2 is 2.09 bits per heavy atom. The first-order valence-corrected chi connectivity index (χ1v) is 7.46. The van der Waals surface area contributed by atoms with Crippen LogP contribution in [0.25, 0.3) is 0 Å². The number of hydrogen-bond donors (Lipinski definition) is 7. The van der Waals surface area contributed by atoms with Crippen LogP contribution in [-0.2, 0) is 13.8 Å². The molecular formula is C9H14N3O9P. The topological polar surface area (TPSA) is 194 Å². The molecule has 13 heteroatoms. The van der Waals surface area contributed by atoms with Gasteiger partial charge in [-0.05, 0) is 6.07 Å². The van der Waals surface area contributed by atoms with E-state index in [1.807, 2.05) is 0 Å². The molecule has 2 heterocycles. The van der Waals surface area contributed by atoms with Gasteiger partial charge in [0.1, 0.15) is 24.1 Å². The molecule has 5 atom stereocenters. The van der Waals surface area contributed by atoms with Crippen LogP contribution in [0.3, 0.4) is 0 Å². The van der Waals surface area contributed by atoms with E-state index in [0.717, 1.165) is 0 Å². The Labute approximate surface area is 122 Å². The van der Waals surface area contributed by atoms with Crippen molar-refractivity contribution in [3.05, 3.63) is 22.7 Å². The van der Waals surface area contributed by atoms with Gasteiger partial charge in [0.05, 0.1) is 0 Å². The van der Waals surface area contributed by atoms with Gasteiger partial charge >= 0.3 is 13.5 Å². The van der Waals surface area contributed by atoms with Crippen molar-refractivity contribution in [2.24, 2.45) is 0 Å². The molecule has 22 heavy (non-hydrogen) atoms. The summed E-state index contributed by atoms with van der Waals surface area (Å²) in [4.78, 5) is 33.9. The van der Waals surface area contributed by atoms with Crippen molar-refractivity contribution in [2.75, 3.05) is 5.32 Å². The maximum Gasteiger partial charge on any atom is 0.472 e. The summed E-state index contributed by atoms with van der Waals surface area (Å²) in [5.74, 6) is 0.113. The number of nitrogens with zero attached hydrogens (tertiary/aromatic N) is 1. The standard InChI is InChI=1S/C9H14N3O9P/c13-4-5(14)7(11-3-1-2-10-9(16)12-3)20-6(4)8(15)21-22(17,18)19/h1-2,4-8,13-15H,(H2,17,18,19)(H2,10,11,12,16)/t4-,5-,6-,7?,8?/m0/s1. The average Bonchev–Trinajstić information content (AvgIpc) is 2.65. The molecule has 0 aliphatic carbocycles. The zero-order valence-electron chi connectivity index (χ0n) is 10.8. The van der Waals surface area contributed by atoms with Crippen LogP contribution in [0, 0.1) is 0 Å². The first kappa shape index (κ1) is 17.0. The van der Waals surface area contributed by atoms with Gasteiger partial charge in [-0.3, -0.25) is 9.51 Å². The summed E-state index contributed by atoms with van der Waals surface area (Å²) in [6.07, 6.45) is -7.12. The lowest BCUT2D eigenvalue weighted by molar-refractivity contribution is -0.151. The number of aliphatic hydroxyl groups is 3. The molecule has 1 aromatic rings. The molecule has 1 aliphatic rings. The summed E-state index contributed by atoms with van der Waals surface area (Å²) < 4.78 is 19.7. The third-order valence-corrected chi connectivity index (χ3v) is 3.29. The zero-order valence-corrected chi connectivity index (χ0v) is 11.7. The molecular weight excluding hydrogens is 325 g/mol. The molecule has 0 spiro atoms. The van der Waals surface area contributed by atoms with Gasteiger partial charge in [-0.15, -0.1) is 0 Å². The van der Waals surface area contributed by atoms with E-state index in [1.165, 1.54) is 12.3 Å². The third-order valence-electron chi connectivity index (χ3n) is 2.80. The van der Waals surface area contributed by atoms with Crippen LogP contribution in [-0.4, -0.2) is 65.9 Å². The number of rotatable bonds is 5. The minimum atomic E-state index is -5.01. The number of ether oxygens (including phenoxy) is 1. The van der Waals surface area contributed by atoms with Crippen molar-refractivity contribution in [1.29, 1.82) is 0 Å². The van der Waals surface area contributed by atoms with E-state index in [-0.39, 0.29) is 5.82 Å². The Morgan fingerprint density at radius 1 is 1.41 bits per heavy atom. The highest BCUT2D eigenvalue weighted by Gasteiger charge is 2.48. The number of phosphoric ester groups is 1. The summed E-state index contributed by atoms with van der Waals surface area (Å²) >= 11 is 0. The fourth-order valence-electron chi connectivity index (χ4n) is 1.87. The zero-order chi connectivity index (χ0) is 16.5. The lowest BCUT2D eigenvalue weighted by Crippen LogP contribution is -2.40. The van der Waals surface area contributed by atoms with Crippen molar-refractivity contribution in [2.45, 2.75) is 30.8 Å². The second-order valence-corrected chi connectivity index (χ2v) is 5.61. The Kier molecular flexibility index (Phi) is 4.94. The molecule has 0 amide bonds. The van der Waals surface area contributed by atoms with Gasteiger partial charge in [0.2, 0.25) is 0 Å². The Hall–Kier alpha value is -1.37. The molecule has 12 nitrogen and oxygen atoms in total. The van der Waals surface area contributed by atoms with Crippen LogP contribution in [0.5, 0.6) is 0 Å². The van der Waals surface area contributed by atoms with Crippen molar-refractivity contribution < 1.29 is 38.9 Å². The molecule has 0 aromatic carbocycles. The molecule has 124 valence electrons. The second kappa shape index (κ2) is 6.40. The van der Waals surface area contributed by atoms with E-state index >= 15 is 0 Å². The Bertz CT molecular complexity index is 618. The predicted molar refractivity (Wildman–Crippen MR) is 68.3 cm³/mol. The van der Waals surface area contributed by atoms with E-state index in [2.05, 4.69) is 19.8 Å². The second-order valence-electron chi connectivity index (χ2n) is 4.42. The lowest BCUT2D eigenvalue weighted by Gasteiger charge is -2.21. The van der Waals surface area contributed by atoms with Gasteiger partial charge in [0, 0.05) is 6.20 Å². The van der Waals surface area contributed by atoms with Crippen LogP contribution < -0.4 is 11.0 Å². The van der Waals surface area contributed by atoms with Crippen LogP contribution in [0.15, 0.2) is 17.1 Å². The van der Waals surface area contributed by atoms with Crippen LogP contribution in [0.4, 0.5) is 5.82 Å². The lowest BCUT2D eigenvalue weighted by atomic mass is 10.1. The summed E-state index contributed by atoms with van der Waals surface area (Å²) in [5, 5.41) is 31.6. The highest BCUT2D eigenvalue weighted by Crippen LogP contribution is 2.39.